The van der Waals surface area contributed by atoms with Crippen molar-refractivity contribution < 1.29 is 33.6 Å². The van der Waals surface area contributed by atoms with Gasteiger partial charge in [-0.2, -0.15) is 0 Å². The summed E-state index contributed by atoms with van der Waals surface area (Å²) in [6.07, 6.45) is 7.74. The van der Waals surface area contributed by atoms with Crippen molar-refractivity contribution in [3.8, 4) is 11.5 Å². The van der Waals surface area contributed by atoms with Gasteiger partial charge in [0.05, 0.1) is 27.4 Å². The first-order valence-electron chi connectivity index (χ1n) is 12.9. The van der Waals surface area contributed by atoms with Gasteiger partial charge in [0.1, 0.15) is 17.3 Å². The van der Waals surface area contributed by atoms with E-state index in [1.165, 1.54) is 26.4 Å². The number of methoxy groups -OCH3 is 2. The molecule has 1 aromatic rings. The molecule has 1 rings (SSSR count). The number of unbranched alkanes of at least 4 members (excludes halogenated alkanes) is 2. The van der Waals surface area contributed by atoms with Gasteiger partial charge in [0.2, 0.25) is 0 Å². The van der Waals surface area contributed by atoms with E-state index in [0.717, 1.165) is 51.4 Å². The topological polar surface area (TPSA) is 91.3 Å². The summed E-state index contributed by atoms with van der Waals surface area (Å²) >= 11 is 0. The van der Waals surface area contributed by atoms with Gasteiger partial charge >= 0.3 is 11.9 Å². The van der Waals surface area contributed by atoms with Crippen molar-refractivity contribution >= 4 is 17.7 Å². The Morgan fingerprint density at radius 1 is 0.771 bits per heavy atom. The number of hydrogen-bond donors (Lipinski definition) is 1. The first-order chi connectivity index (χ1) is 16.8. The lowest BCUT2D eigenvalue weighted by Crippen LogP contribution is -2.24. The molecule has 0 aliphatic heterocycles. The van der Waals surface area contributed by atoms with Gasteiger partial charge in [-0.25, -0.2) is 9.59 Å². The molecule has 0 spiro atoms. The average molecular weight is 493 g/mol. The van der Waals surface area contributed by atoms with Gasteiger partial charge in [-0.3, -0.25) is 0 Å². The number of carbonyl (C=O) groups excluding carboxylic acids is 2. The number of benzene rings is 1. The fraction of sp³-hybridized carbons (Fsp3) is 0.643. The highest BCUT2D eigenvalue weighted by Gasteiger charge is 2.29. The number of esters is 2. The average Bonchev–Trinajstić information content (AvgIpc) is 2.88. The molecular weight excluding hydrogens is 448 g/mol. The fourth-order valence-electron chi connectivity index (χ4n) is 3.69. The summed E-state index contributed by atoms with van der Waals surface area (Å²) in [6.45, 7) is 8.66. The zero-order chi connectivity index (χ0) is 26.2. The third kappa shape index (κ3) is 10.2. The number of aliphatic hydroxyl groups is 1. The Kier molecular flexibility index (Phi) is 14.6. The normalized spacial score (nSPS) is 12.4. The molecule has 0 heterocycles. The molecule has 0 aliphatic carbocycles. The van der Waals surface area contributed by atoms with Crippen LogP contribution >= 0.6 is 0 Å². The maximum atomic E-state index is 13.1. The largest absolute Gasteiger partial charge is 0.506 e. The molecule has 0 saturated heterocycles. The van der Waals surface area contributed by atoms with Gasteiger partial charge in [0, 0.05) is 11.6 Å². The lowest BCUT2D eigenvalue weighted by Gasteiger charge is -2.18. The van der Waals surface area contributed by atoms with Crippen LogP contribution in [0.25, 0.3) is 5.76 Å². The highest BCUT2D eigenvalue weighted by atomic mass is 16.6. The van der Waals surface area contributed by atoms with Gasteiger partial charge in [0.25, 0.3) is 0 Å². The van der Waals surface area contributed by atoms with Crippen LogP contribution < -0.4 is 9.47 Å². The second kappa shape index (κ2) is 16.8. The monoisotopic (exact) mass is 492 g/mol. The van der Waals surface area contributed by atoms with E-state index in [4.69, 9.17) is 18.9 Å². The SMILES string of the molecule is CCCCC(CC)COC(=O)C(C(=O)OCC(CC)CCCC)=C(O)c1cc(OC)cc(OC)c1. The molecule has 0 radical (unpaired) electrons. The standard InChI is InChI=1S/C28H44O7/c1-7-11-13-20(9-3)18-34-27(30)25(28(31)35-19-21(10-4)14-12-8-2)26(29)22-15-23(32-5)17-24(16-22)33-6/h15-17,20-21,29H,7-14,18-19H2,1-6H3. The summed E-state index contributed by atoms with van der Waals surface area (Å²) in [5.74, 6) is -1.13. The smallest absolute Gasteiger partial charge is 0.349 e. The van der Waals surface area contributed by atoms with Gasteiger partial charge in [-0.15, -0.1) is 0 Å². The molecule has 2 atom stereocenters. The lowest BCUT2D eigenvalue weighted by atomic mass is 10.0. The number of hydrogen-bond acceptors (Lipinski definition) is 7. The fourth-order valence-corrected chi connectivity index (χ4v) is 3.69. The van der Waals surface area contributed by atoms with Crippen LogP contribution in [0.5, 0.6) is 11.5 Å². The highest BCUT2D eigenvalue weighted by molar-refractivity contribution is 6.19. The summed E-state index contributed by atoms with van der Waals surface area (Å²) < 4.78 is 21.5. The van der Waals surface area contributed by atoms with E-state index in [9.17, 15) is 14.7 Å². The van der Waals surface area contributed by atoms with Gasteiger partial charge in [-0.1, -0.05) is 66.2 Å². The molecule has 0 bridgehead atoms. The molecule has 0 aliphatic rings. The predicted octanol–water partition coefficient (Wildman–Crippen LogP) is 6.49. The molecular formula is C28H44O7. The van der Waals surface area contributed by atoms with E-state index in [1.54, 1.807) is 6.07 Å². The number of aliphatic hydroxyl groups excluding tert-OH is 1. The van der Waals surface area contributed by atoms with Gasteiger partial charge < -0.3 is 24.1 Å². The Labute approximate surface area is 210 Å². The van der Waals surface area contributed by atoms with Crippen molar-refractivity contribution in [2.75, 3.05) is 27.4 Å². The molecule has 2 unspecified atom stereocenters. The van der Waals surface area contributed by atoms with Crippen molar-refractivity contribution in [2.24, 2.45) is 11.8 Å². The predicted molar refractivity (Wildman–Crippen MR) is 138 cm³/mol. The molecule has 7 heteroatoms. The van der Waals surface area contributed by atoms with Gasteiger partial charge in [-0.05, 0) is 36.8 Å². The van der Waals surface area contributed by atoms with Crippen LogP contribution in [0.4, 0.5) is 0 Å². The second-order valence-electron chi connectivity index (χ2n) is 8.85. The highest BCUT2D eigenvalue weighted by Crippen LogP contribution is 2.29. The zero-order valence-electron chi connectivity index (χ0n) is 22.4. The van der Waals surface area contributed by atoms with Crippen LogP contribution in [-0.2, 0) is 19.1 Å². The third-order valence-corrected chi connectivity index (χ3v) is 6.26. The quantitative estimate of drug-likeness (QED) is 0.0873. The molecule has 198 valence electrons. The summed E-state index contributed by atoms with van der Waals surface area (Å²) in [5, 5.41) is 11.1. The Hall–Kier alpha value is -2.70. The van der Waals surface area contributed by atoms with Crippen molar-refractivity contribution in [1.29, 1.82) is 0 Å². The molecule has 0 fully saturated rings. The Bertz CT molecular complexity index is 759. The van der Waals surface area contributed by atoms with Crippen LogP contribution in [0, 0.1) is 11.8 Å². The number of carbonyl (C=O) groups is 2. The van der Waals surface area contributed by atoms with Crippen molar-refractivity contribution in [3.05, 3.63) is 29.3 Å². The Balaban J connectivity index is 3.25. The van der Waals surface area contributed by atoms with E-state index in [2.05, 4.69) is 13.8 Å². The van der Waals surface area contributed by atoms with Crippen LogP contribution in [0.15, 0.2) is 23.8 Å². The van der Waals surface area contributed by atoms with E-state index in [0.29, 0.717) is 11.5 Å². The molecule has 1 N–H and O–H groups in total. The minimum absolute atomic E-state index is 0.176. The zero-order valence-corrected chi connectivity index (χ0v) is 22.4. The van der Waals surface area contributed by atoms with Crippen LogP contribution in [-0.4, -0.2) is 44.5 Å². The summed E-state index contributed by atoms with van der Waals surface area (Å²) in [5.41, 5.74) is -0.322. The number of rotatable bonds is 17. The molecule has 1 aromatic carbocycles. The van der Waals surface area contributed by atoms with Crippen LogP contribution in [0.3, 0.4) is 0 Å². The number of ether oxygens (including phenoxy) is 4. The van der Waals surface area contributed by atoms with E-state index in [-0.39, 0.29) is 30.6 Å². The summed E-state index contributed by atoms with van der Waals surface area (Å²) in [7, 11) is 2.95. The van der Waals surface area contributed by atoms with E-state index < -0.39 is 23.3 Å². The van der Waals surface area contributed by atoms with E-state index >= 15 is 0 Å². The minimum atomic E-state index is -0.897. The Morgan fingerprint density at radius 2 is 1.20 bits per heavy atom. The first kappa shape index (κ1) is 30.3. The molecule has 0 aromatic heterocycles. The molecule has 7 nitrogen and oxygen atoms in total. The maximum Gasteiger partial charge on any atom is 0.349 e. The summed E-state index contributed by atoms with van der Waals surface area (Å²) in [6, 6.07) is 4.67. The van der Waals surface area contributed by atoms with Crippen molar-refractivity contribution in [2.45, 2.75) is 79.1 Å². The maximum absolute atomic E-state index is 13.1. The van der Waals surface area contributed by atoms with Crippen LogP contribution in [0.1, 0.15) is 84.6 Å². The third-order valence-electron chi connectivity index (χ3n) is 6.26. The van der Waals surface area contributed by atoms with E-state index in [1.807, 2.05) is 13.8 Å². The first-order valence-corrected chi connectivity index (χ1v) is 12.9. The summed E-state index contributed by atoms with van der Waals surface area (Å²) in [4.78, 5) is 26.2. The minimum Gasteiger partial charge on any atom is -0.506 e. The Morgan fingerprint density at radius 3 is 1.54 bits per heavy atom. The van der Waals surface area contributed by atoms with Crippen molar-refractivity contribution in [1.82, 2.24) is 0 Å². The lowest BCUT2D eigenvalue weighted by molar-refractivity contribution is -0.148. The van der Waals surface area contributed by atoms with Crippen molar-refractivity contribution in [3.63, 3.8) is 0 Å². The van der Waals surface area contributed by atoms with Gasteiger partial charge in [0.15, 0.2) is 5.57 Å². The second-order valence-corrected chi connectivity index (χ2v) is 8.85. The molecule has 0 saturated carbocycles. The molecule has 35 heavy (non-hydrogen) atoms. The molecule has 0 amide bonds. The van der Waals surface area contributed by atoms with Crippen LogP contribution in [0.2, 0.25) is 0 Å².